The molecule has 0 aliphatic rings. The fourth-order valence-corrected chi connectivity index (χ4v) is 6.41. The van der Waals surface area contributed by atoms with E-state index >= 15 is 0 Å². The molecule has 0 spiro atoms. The highest BCUT2D eigenvalue weighted by Gasteiger charge is 2.28. The van der Waals surface area contributed by atoms with Crippen LogP contribution in [-0.2, 0) is 18.4 Å². The van der Waals surface area contributed by atoms with Gasteiger partial charge in [0.2, 0.25) is 5.91 Å². The zero-order chi connectivity index (χ0) is 33.4. The summed E-state index contributed by atoms with van der Waals surface area (Å²) in [6.07, 6.45) is 27.3. The number of carbonyl (C=O) groups is 1. The number of aliphatic hydroxyl groups excluding tert-OH is 2. The molecule has 270 valence electrons. The molecule has 0 aromatic heterocycles. The Hall–Kier alpha value is -0.540. The molecule has 1 amide bonds. The van der Waals surface area contributed by atoms with Gasteiger partial charge in [-0.15, -0.1) is 0 Å². The van der Waals surface area contributed by atoms with Gasteiger partial charge in [0.15, 0.2) is 0 Å². The molecule has 4 atom stereocenters. The first-order valence-corrected chi connectivity index (χ1v) is 20.2. The lowest BCUT2D eigenvalue weighted by Gasteiger charge is -2.25. The van der Waals surface area contributed by atoms with E-state index in [9.17, 15) is 24.5 Å². The van der Waals surface area contributed by atoms with Gasteiger partial charge in [0.05, 0.1) is 37.9 Å². The Bertz CT molecular complexity index is 701. The summed E-state index contributed by atoms with van der Waals surface area (Å²) >= 11 is 0. The molecule has 9 nitrogen and oxygen atoms in total. The minimum atomic E-state index is -4.36. The van der Waals surface area contributed by atoms with E-state index in [2.05, 4.69) is 19.2 Å². The van der Waals surface area contributed by atoms with Gasteiger partial charge in [-0.3, -0.25) is 13.8 Å². The Balaban J connectivity index is 4.25. The van der Waals surface area contributed by atoms with Gasteiger partial charge >= 0.3 is 7.82 Å². The Morgan fingerprint density at radius 3 is 1.49 bits per heavy atom. The van der Waals surface area contributed by atoms with Crippen LogP contribution in [-0.4, -0.2) is 59.0 Å². The van der Waals surface area contributed by atoms with Crippen LogP contribution < -0.4 is 11.1 Å². The quantitative estimate of drug-likeness (QED) is 0.0334. The lowest BCUT2D eigenvalue weighted by molar-refractivity contribution is -0.125. The molecule has 0 aromatic carbocycles. The third kappa shape index (κ3) is 30.5. The van der Waals surface area contributed by atoms with Gasteiger partial charge in [0.1, 0.15) is 0 Å². The van der Waals surface area contributed by atoms with Crippen LogP contribution >= 0.6 is 7.82 Å². The Morgan fingerprint density at radius 1 is 0.667 bits per heavy atom. The van der Waals surface area contributed by atoms with Gasteiger partial charge < -0.3 is 26.2 Å². The van der Waals surface area contributed by atoms with Crippen molar-refractivity contribution in [2.75, 3.05) is 19.8 Å². The monoisotopic (exact) mass is 665 g/mol. The molecule has 0 rings (SSSR count). The molecule has 0 aliphatic heterocycles. The van der Waals surface area contributed by atoms with E-state index in [0.29, 0.717) is 12.8 Å². The summed E-state index contributed by atoms with van der Waals surface area (Å²) in [5, 5.41) is 24.0. The highest BCUT2D eigenvalue weighted by molar-refractivity contribution is 7.47. The second-order valence-electron chi connectivity index (χ2n) is 13.0. The number of hydrogen-bond donors (Lipinski definition) is 5. The average Bonchev–Trinajstić information content (AvgIpc) is 3.01. The van der Waals surface area contributed by atoms with Gasteiger partial charge in [-0.1, -0.05) is 162 Å². The summed E-state index contributed by atoms with van der Waals surface area (Å²) in [5.41, 5.74) is 5.33. The maximum Gasteiger partial charge on any atom is 0.472 e. The van der Waals surface area contributed by atoms with Crippen molar-refractivity contribution in [3.05, 3.63) is 0 Å². The second-order valence-corrected chi connectivity index (χ2v) is 14.4. The van der Waals surface area contributed by atoms with Crippen LogP contribution in [0.3, 0.4) is 0 Å². The molecular weight excluding hydrogens is 591 g/mol. The SMILES string of the molecule is CCCCCCCCCCCCCCCCCC(O)CC(=O)NC(COP(=O)(O)OCCN)C(O)CCCCCCCCCC. The van der Waals surface area contributed by atoms with Crippen LogP contribution in [0.4, 0.5) is 0 Å². The predicted octanol–water partition coefficient (Wildman–Crippen LogP) is 8.47. The van der Waals surface area contributed by atoms with Crippen molar-refractivity contribution in [1.29, 1.82) is 0 Å². The molecule has 4 unspecified atom stereocenters. The average molecular weight is 665 g/mol. The molecule has 0 saturated heterocycles. The number of aliphatic hydroxyl groups is 2. The van der Waals surface area contributed by atoms with E-state index < -0.39 is 32.0 Å². The number of phosphoric ester groups is 1. The van der Waals surface area contributed by atoms with E-state index in [0.717, 1.165) is 38.5 Å². The van der Waals surface area contributed by atoms with Gasteiger partial charge in [0.25, 0.3) is 0 Å². The number of nitrogens with one attached hydrogen (secondary N) is 1. The number of unbranched alkanes of at least 4 members (excludes halogenated alkanes) is 21. The van der Waals surface area contributed by atoms with Crippen LogP contribution in [0.2, 0.25) is 0 Å². The van der Waals surface area contributed by atoms with Crippen LogP contribution in [0, 0.1) is 0 Å². The molecule has 0 bridgehead atoms. The largest absolute Gasteiger partial charge is 0.472 e. The molecular formula is C35H73N2O7P. The third-order valence-corrected chi connectivity index (χ3v) is 9.50. The van der Waals surface area contributed by atoms with E-state index in [1.165, 1.54) is 109 Å². The van der Waals surface area contributed by atoms with Crippen molar-refractivity contribution in [1.82, 2.24) is 5.32 Å². The van der Waals surface area contributed by atoms with E-state index in [1.54, 1.807) is 0 Å². The molecule has 0 aliphatic carbocycles. The number of rotatable bonds is 35. The van der Waals surface area contributed by atoms with Crippen molar-refractivity contribution in [3.8, 4) is 0 Å². The first kappa shape index (κ1) is 44.5. The first-order valence-electron chi connectivity index (χ1n) is 18.7. The summed E-state index contributed by atoms with van der Waals surface area (Å²) in [7, 11) is -4.36. The van der Waals surface area contributed by atoms with Crippen molar-refractivity contribution in [2.45, 2.75) is 199 Å². The Labute approximate surface area is 276 Å². The molecule has 0 radical (unpaired) electrons. The highest BCUT2D eigenvalue weighted by Crippen LogP contribution is 2.43. The number of phosphoric acid groups is 1. The lowest BCUT2D eigenvalue weighted by atomic mass is 10.0. The topological polar surface area (TPSA) is 151 Å². The molecule has 0 fully saturated rings. The summed E-state index contributed by atoms with van der Waals surface area (Å²) in [5.74, 6) is -0.414. The van der Waals surface area contributed by atoms with E-state index in [1.807, 2.05) is 0 Å². The van der Waals surface area contributed by atoms with Gasteiger partial charge in [0, 0.05) is 6.54 Å². The maximum atomic E-state index is 12.7. The summed E-state index contributed by atoms with van der Waals surface area (Å²) in [6.45, 7) is 4.00. The molecule has 0 saturated carbocycles. The fraction of sp³-hybridized carbons (Fsp3) is 0.971. The lowest BCUT2D eigenvalue weighted by Crippen LogP contribution is -2.47. The van der Waals surface area contributed by atoms with Crippen LogP contribution in [0.5, 0.6) is 0 Å². The Kier molecular flexibility index (Phi) is 31.6. The van der Waals surface area contributed by atoms with E-state index in [4.69, 9.17) is 14.8 Å². The first-order chi connectivity index (χ1) is 21.8. The zero-order valence-corrected chi connectivity index (χ0v) is 30.1. The van der Waals surface area contributed by atoms with Crippen LogP contribution in [0.25, 0.3) is 0 Å². The number of carbonyl (C=O) groups excluding carboxylic acids is 1. The predicted molar refractivity (Wildman–Crippen MR) is 186 cm³/mol. The second kappa shape index (κ2) is 32.0. The summed E-state index contributed by atoms with van der Waals surface area (Å²) < 4.78 is 22.0. The summed E-state index contributed by atoms with van der Waals surface area (Å²) in [6, 6.07) is -0.887. The van der Waals surface area contributed by atoms with Crippen molar-refractivity contribution >= 4 is 13.7 Å². The number of hydrogen-bond acceptors (Lipinski definition) is 7. The molecule has 45 heavy (non-hydrogen) atoms. The standard InChI is InChI=1S/C35H73N2O7P/c1-3-5-7-9-11-13-14-15-16-17-18-19-20-22-24-26-32(38)30-35(40)37-33(31-44-45(41,42)43-29-28-36)34(39)27-25-23-21-12-10-8-6-4-2/h32-34,38-39H,3-31,36H2,1-2H3,(H,37,40)(H,41,42). The zero-order valence-electron chi connectivity index (χ0n) is 29.2. The minimum Gasteiger partial charge on any atom is -0.393 e. The van der Waals surface area contributed by atoms with Gasteiger partial charge in [-0.2, -0.15) is 0 Å². The van der Waals surface area contributed by atoms with Gasteiger partial charge in [-0.25, -0.2) is 4.57 Å². The fourth-order valence-electron chi connectivity index (χ4n) is 5.65. The maximum absolute atomic E-state index is 12.7. The minimum absolute atomic E-state index is 0.0619. The van der Waals surface area contributed by atoms with Crippen LogP contribution in [0.1, 0.15) is 181 Å². The van der Waals surface area contributed by atoms with Crippen molar-refractivity contribution in [3.63, 3.8) is 0 Å². The smallest absolute Gasteiger partial charge is 0.393 e. The molecule has 0 heterocycles. The Morgan fingerprint density at radius 2 is 1.07 bits per heavy atom. The van der Waals surface area contributed by atoms with Crippen molar-refractivity contribution in [2.24, 2.45) is 5.73 Å². The van der Waals surface area contributed by atoms with Crippen LogP contribution in [0.15, 0.2) is 0 Å². The molecule has 6 N–H and O–H groups in total. The molecule has 10 heteroatoms. The highest BCUT2D eigenvalue weighted by atomic mass is 31.2. The third-order valence-electron chi connectivity index (χ3n) is 8.52. The summed E-state index contributed by atoms with van der Waals surface area (Å²) in [4.78, 5) is 22.6. The number of nitrogens with two attached hydrogens (primary N) is 1. The van der Waals surface area contributed by atoms with E-state index in [-0.39, 0.29) is 26.2 Å². The normalized spacial score (nSPS) is 15.1. The van der Waals surface area contributed by atoms with Crippen molar-refractivity contribution < 1.29 is 33.5 Å². The number of amides is 1. The molecule has 0 aromatic rings. The van der Waals surface area contributed by atoms with Gasteiger partial charge in [-0.05, 0) is 12.8 Å².